The zero-order valence-electron chi connectivity index (χ0n) is 13.1. The lowest BCUT2D eigenvalue weighted by molar-refractivity contribution is -0.124. The lowest BCUT2D eigenvalue weighted by Gasteiger charge is -2.38. The second-order valence-electron chi connectivity index (χ2n) is 6.66. The number of alkyl halides is 2. The van der Waals surface area contributed by atoms with E-state index in [4.69, 9.17) is 4.74 Å². The zero-order chi connectivity index (χ0) is 16.0. The minimum absolute atomic E-state index is 0. The number of amides is 1. The van der Waals surface area contributed by atoms with Crippen LogP contribution in [-0.2, 0) is 4.79 Å². The molecular formula is C16H21ClF2N2O2. The van der Waals surface area contributed by atoms with E-state index >= 15 is 0 Å². The fourth-order valence-electron chi connectivity index (χ4n) is 3.10. The van der Waals surface area contributed by atoms with Gasteiger partial charge in [-0.15, -0.1) is 12.4 Å². The molecule has 1 aromatic rings. The third-order valence-corrected chi connectivity index (χ3v) is 4.12. The Morgan fingerprint density at radius 2 is 2.00 bits per heavy atom. The molecule has 0 saturated carbocycles. The first kappa shape index (κ1) is 17.9. The first-order valence-electron chi connectivity index (χ1n) is 7.45. The minimum Gasteiger partial charge on any atom is -0.487 e. The molecule has 128 valence electrons. The number of hydrogen-bond acceptors (Lipinski definition) is 3. The Labute approximate surface area is 140 Å². The molecule has 2 aliphatic rings. The average molecular weight is 347 g/mol. The van der Waals surface area contributed by atoms with Gasteiger partial charge in [-0.1, -0.05) is 18.2 Å². The molecule has 0 spiro atoms. The van der Waals surface area contributed by atoms with E-state index < -0.39 is 30.5 Å². The molecule has 2 atom stereocenters. The van der Waals surface area contributed by atoms with Crippen molar-refractivity contribution in [3.63, 3.8) is 0 Å². The summed E-state index contributed by atoms with van der Waals surface area (Å²) < 4.78 is 32.4. The molecule has 0 aliphatic carbocycles. The summed E-state index contributed by atoms with van der Waals surface area (Å²) >= 11 is 0. The third kappa shape index (κ3) is 3.93. The van der Waals surface area contributed by atoms with Gasteiger partial charge in [-0.2, -0.15) is 0 Å². The van der Waals surface area contributed by atoms with Crippen molar-refractivity contribution in [1.29, 1.82) is 0 Å². The van der Waals surface area contributed by atoms with Crippen LogP contribution in [0.25, 0.3) is 0 Å². The van der Waals surface area contributed by atoms with Crippen molar-refractivity contribution in [1.82, 2.24) is 10.6 Å². The van der Waals surface area contributed by atoms with E-state index in [1.165, 1.54) is 0 Å². The lowest BCUT2D eigenvalue weighted by atomic mass is 9.89. The quantitative estimate of drug-likeness (QED) is 0.865. The number of benzene rings is 1. The van der Waals surface area contributed by atoms with Crippen LogP contribution in [0.4, 0.5) is 8.78 Å². The Balaban J connectivity index is 0.00000192. The van der Waals surface area contributed by atoms with Gasteiger partial charge in [0.1, 0.15) is 11.4 Å². The number of halogens is 3. The molecule has 4 nitrogen and oxygen atoms in total. The molecule has 2 heterocycles. The van der Waals surface area contributed by atoms with Crippen molar-refractivity contribution in [2.45, 2.75) is 50.3 Å². The molecule has 1 fully saturated rings. The van der Waals surface area contributed by atoms with Crippen molar-refractivity contribution in [2.24, 2.45) is 0 Å². The smallest absolute Gasteiger partial charge is 0.262 e. The van der Waals surface area contributed by atoms with Crippen LogP contribution < -0.4 is 15.4 Å². The fourth-order valence-corrected chi connectivity index (χ4v) is 3.10. The molecule has 2 N–H and O–H groups in total. The molecule has 1 amide bonds. The highest BCUT2D eigenvalue weighted by atomic mass is 35.5. The minimum atomic E-state index is -2.81. The Hall–Kier alpha value is -1.40. The van der Waals surface area contributed by atoms with E-state index in [1.54, 1.807) is 0 Å². The van der Waals surface area contributed by atoms with Crippen LogP contribution in [0, 0.1) is 0 Å². The molecule has 1 aromatic carbocycles. The summed E-state index contributed by atoms with van der Waals surface area (Å²) in [5.41, 5.74) is 0.472. The second kappa shape index (κ2) is 6.24. The average Bonchev–Trinajstić information content (AvgIpc) is 2.78. The Morgan fingerprint density at radius 3 is 2.65 bits per heavy atom. The van der Waals surface area contributed by atoms with E-state index in [-0.39, 0.29) is 24.4 Å². The van der Waals surface area contributed by atoms with Crippen molar-refractivity contribution in [2.75, 3.05) is 6.54 Å². The Kier molecular flexibility index (Phi) is 4.87. The van der Waals surface area contributed by atoms with E-state index in [1.807, 2.05) is 38.1 Å². The number of fused-ring (bicyclic) bond motifs is 1. The summed E-state index contributed by atoms with van der Waals surface area (Å²) in [5.74, 6) is -2.46. The van der Waals surface area contributed by atoms with Gasteiger partial charge in [-0.05, 0) is 19.9 Å². The second-order valence-corrected chi connectivity index (χ2v) is 6.66. The van der Waals surface area contributed by atoms with E-state index in [9.17, 15) is 13.6 Å². The van der Waals surface area contributed by atoms with Crippen LogP contribution in [0.1, 0.15) is 38.3 Å². The van der Waals surface area contributed by atoms with Crippen molar-refractivity contribution in [3.05, 3.63) is 29.8 Å². The molecule has 2 aliphatic heterocycles. The molecule has 0 aromatic heterocycles. The maximum absolute atomic E-state index is 13.2. The summed E-state index contributed by atoms with van der Waals surface area (Å²) in [6.45, 7) is 3.45. The van der Waals surface area contributed by atoms with Crippen LogP contribution in [0.3, 0.4) is 0 Å². The van der Waals surface area contributed by atoms with Crippen LogP contribution >= 0.6 is 12.4 Å². The summed E-state index contributed by atoms with van der Waals surface area (Å²) in [4.78, 5) is 12.3. The van der Waals surface area contributed by atoms with E-state index in [2.05, 4.69) is 10.6 Å². The highest BCUT2D eigenvalue weighted by Gasteiger charge is 2.43. The monoisotopic (exact) mass is 346 g/mol. The summed E-state index contributed by atoms with van der Waals surface area (Å²) in [5, 5.41) is 5.48. The zero-order valence-corrected chi connectivity index (χ0v) is 13.9. The fraction of sp³-hybridized carbons (Fsp3) is 0.562. The molecule has 7 heteroatoms. The molecule has 0 radical (unpaired) electrons. The van der Waals surface area contributed by atoms with Crippen LogP contribution in [-0.4, -0.2) is 30.0 Å². The van der Waals surface area contributed by atoms with E-state index in [0.29, 0.717) is 6.42 Å². The number of hydrogen-bond donors (Lipinski definition) is 2. The maximum Gasteiger partial charge on any atom is 0.262 e. The summed E-state index contributed by atoms with van der Waals surface area (Å²) in [6, 6.07) is 6.43. The van der Waals surface area contributed by atoms with Gasteiger partial charge in [0.15, 0.2) is 0 Å². The van der Waals surface area contributed by atoms with Crippen molar-refractivity contribution < 1.29 is 18.3 Å². The predicted molar refractivity (Wildman–Crippen MR) is 85.3 cm³/mol. The number of carbonyl (C=O) groups is 1. The number of para-hydroxylation sites is 1. The van der Waals surface area contributed by atoms with Gasteiger partial charge in [0, 0.05) is 18.4 Å². The molecule has 2 unspecified atom stereocenters. The molecular weight excluding hydrogens is 326 g/mol. The first-order valence-corrected chi connectivity index (χ1v) is 7.45. The lowest BCUT2D eigenvalue weighted by Crippen LogP contribution is -2.46. The van der Waals surface area contributed by atoms with Gasteiger partial charge >= 0.3 is 0 Å². The topological polar surface area (TPSA) is 50.4 Å². The van der Waals surface area contributed by atoms with Crippen molar-refractivity contribution >= 4 is 18.3 Å². The van der Waals surface area contributed by atoms with E-state index in [0.717, 1.165) is 11.3 Å². The van der Waals surface area contributed by atoms with Gasteiger partial charge in [0.05, 0.1) is 18.6 Å². The number of carbonyl (C=O) groups excluding carboxylic acids is 1. The van der Waals surface area contributed by atoms with Gasteiger partial charge in [-0.3, -0.25) is 10.1 Å². The maximum atomic E-state index is 13.2. The van der Waals surface area contributed by atoms with Crippen LogP contribution in [0.5, 0.6) is 5.75 Å². The van der Waals surface area contributed by atoms with Gasteiger partial charge in [0.25, 0.3) is 5.92 Å². The normalized spacial score (nSPS) is 27.3. The standard InChI is InChI=1S/C16H20F2N2O2.ClH/c1-15(2)7-11(10-5-3-4-6-13(10)22-15)20-14(21)12-8-16(17,18)9-19-12;/h3-6,11-12,19H,7-9H2,1-2H3,(H,20,21);1H. The summed E-state index contributed by atoms with van der Waals surface area (Å²) in [7, 11) is 0. The largest absolute Gasteiger partial charge is 0.487 e. The summed E-state index contributed by atoms with van der Waals surface area (Å²) in [6.07, 6.45) is 0.145. The molecule has 0 bridgehead atoms. The van der Waals surface area contributed by atoms with Crippen LogP contribution in [0.2, 0.25) is 0 Å². The molecule has 3 rings (SSSR count). The molecule has 23 heavy (non-hydrogen) atoms. The van der Waals surface area contributed by atoms with Gasteiger partial charge in [-0.25, -0.2) is 8.78 Å². The predicted octanol–water partition coefficient (Wildman–Crippen LogP) is 2.82. The number of nitrogens with one attached hydrogen (secondary N) is 2. The van der Waals surface area contributed by atoms with Gasteiger partial charge < -0.3 is 10.1 Å². The first-order chi connectivity index (χ1) is 10.3. The van der Waals surface area contributed by atoms with Crippen LogP contribution in [0.15, 0.2) is 24.3 Å². The SMILES string of the molecule is CC1(C)CC(NC(=O)C2CC(F)(F)CN2)c2ccccc2O1.Cl. The Morgan fingerprint density at radius 1 is 1.30 bits per heavy atom. The van der Waals surface area contributed by atoms with Gasteiger partial charge in [0.2, 0.25) is 5.91 Å². The van der Waals surface area contributed by atoms with Crippen molar-refractivity contribution in [3.8, 4) is 5.75 Å². The highest BCUT2D eigenvalue weighted by Crippen LogP contribution is 2.39. The number of rotatable bonds is 2. The Bertz CT molecular complexity index is 595. The molecule has 1 saturated heterocycles. The number of ether oxygens (including phenoxy) is 1. The third-order valence-electron chi connectivity index (χ3n) is 4.12. The highest BCUT2D eigenvalue weighted by molar-refractivity contribution is 5.85.